The second-order valence-electron chi connectivity index (χ2n) is 5.72. The molecule has 0 aliphatic heterocycles. The number of rotatable bonds is 3. The Labute approximate surface area is 184 Å². The van der Waals surface area contributed by atoms with Crippen LogP contribution in [0.1, 0.15) is 45.7 Å². The maximum absolute atomic E-state index is 13.0. The number of hydrogen-bond acceptors (Lipinski definition) is 6. The first-order valence-corrected chi connectivity index (χ1v) is 10.3. The maximum Gasteiger partial charge on any atom is 0.394 e. The van der Waals surface area contributed by atoms with Crippen molar-refractivity contribution in [1.29, 1.82) is 0 Å². The summed E-state index contributed by atoms with van der Waals surface area (Å²) in [4.78, 5) is 21.4. The van der Waals surface area contributed by atoms with Crippen molar-refractivity contribution >= 4 is 22.3 Å². The number of halogens is 2. The topological polar surface area (TPSA) is 158 Å². The van der Waals surface area contributed by atoms with Crippen molar-refractivity contribution in [2.75, 3.05) is 13.2 Å². The molecule has 0 bridgehead atoms. The lowest BCUT2D eigenvalue weighted by molar-refractivity contribution is 0.0525. The van der Waals surface area contributed by atoms with Gasteiger partial charge in [0.2, 0.25) is 0 Å². The highest BCUT2D eigenvalue weighted by Crippen LogP contribution is 2.10. The normalized spacial score (nSPS) is 9.66. The lowest BCUT2D eigenvalue weighted by atomic mass is 10.1. The predicted molar refractivity (Wildman–Crippen MR) is 112 cm³/mol. The number of aryl methyl sites for hydroxylation is 2. The van der Waals surface area contributed by atoms with Gasteiger partial charge in [-0.3, -0.25) is 9.11 Å². The lowest BCUT2D eigenvalue weighted by Gasteiger charge is -2.02. The van der Waals surface area contributed by atoms with Crippen LogP contribution in [0.25, 0.3) is 0 Å². The minimum Gasteiger partial charge on any atom is -0.478 e. The van der Waals surface area contributed by atoms with Crippen molar-refractivity contribution in [3.63, 3.8) is 0 Å². The van der Waals surface area contributed by atoms with Gasteiger partial charge in [0.1, 0.15) is 11.6 Å². The van der Waals surface area contributed by atoms with E-state index in [9.17, 15) is 18.4 Å². The number of aliphatic hydroxyl groups excluding tert-OH is 1. The van der Waals surface area contributed by atoms with Crippen LogP contribution in [0.15, 0.2) is 36.4 Å². The molecule has 0 atom stereocenters. The zero-order valence-electron chi connectivity index (χ0n) is 17.9. The van der Waals surface area contributed by atoms with E-state index >= 15 is 0 Å². The Hall–Kier alpha value is -2.93. The van der Waals surface area contributed by atoms with Crippen LogP contribution in [0.2, 0.25) is 0 Å². The van der Waals surface area contributed by atoms with Crippen molar-refractivity contribution in [3.05, 3.63) is 70.3 Å². The van der Waals surface area contributed by atoms with E-state index < -0.39 is 28.2 Å². The molecular weight excluding hydrogens is 454 g/mol. The number of carbonyl (C=O) groups excluding carboxylic acids is 1. The molecule has 32 heavy (non-hydrogen) atoms. The fourth-order valence-electron chi connectivity index (χ4n) is 1.66. The Kier molecular flexibility index (Phi) is 15.4. The van der Waals surface area contributed by atoms with Crippen LogP contribution in [0.3, 0.4) is 0 Å². The molecule has 9 nitrogen and oxygen atoms in total. The van der Waals surface area contributed by atoms with Crippen molar-refractivity contribution in [2.24, 2.45) is 0 Å². The Morgan fingerprint density at radius 3 is 1.56 bits per heavy atom. The average Bonchev–Trinajstić information content (AvgIpc) is 2.66. The molecule has 0 fully saturated rings. The minimum absolute atomic E-state index is 0.0203. The number of esters is 1. The van der Waals surface area contributed by atoms with Crippen LogP contribution < -0.4 is 0 Å². The number of ether oxygens (including phenoxy) is 1. The van der Waals surface area contributed by atoms with E-state index in [1.165, 1.54) is 18.2 Å². The second-order valence-corrected chi connectivity index (χ2v) is 6.61. The van der Waals surface area contributed by atoms with Crippen LogP contribution >= 0.6 is 0 Å². The summed E-state index contributed by atoms with van der Waals surface area (Å²) in [7, 11) is -4.67. The molecule has 2 aromatic rings. The number of aromatic carboxylic acids is 1. The van der Waals surface area contributed by atoms with E-state index in [4.69, 9.17) is 32.5 Å². The first-order chi connectivity index (χ1) is 14.7. The van der Waals surface area contributed by atoms with E-state index in [2.05, 4.69) is 0 Å². The average molecular weight is 480 g/mol. The number of carboxylic acid groups (broad SMARTS) is 1. The Bertz CT molecular complexity index is 969. The van der Waals surface area contributed by atoms with Gasteiger partial charge in [-0.1, -0.05) is 12.1 Å². The van der Waals surface area contributed by atoms with E-state index in [1.807, 2.05) is 0 Å². The largest absolute Gasteiger partial charge is 0.478 e. The standard InChI is InChI=1S/C10H11FO2.C8H7FO2.C2H6O.H2O4S/c1-3-13-10(12)8-5-4-7(2)9(11)6-8;1-5-2-3-6(8(10)11)4-7(5)9;1-2-3;1-5(2,3)4/h4-6H,3H2,1-2H3;2-4H,1H3,(H,10,11);3H,2H2,1H3;(H2,1,2,3,4). The van der Waals surface area contributed by atoms with Gasteiger partial charge in [-0.15, -0.1) is 0 Å². The number of aliphatic hydroxyl groups is 1. The van der Waals surface area contributed by atoms with Crippen LogP contribution in [-0.2, 0) is 15.1 Å². The molecule has 4 N–H and O–H groups in total. The minimum atomic E-state index is -4.67. The summed E-state index contributed by atoms with van der Waals surface area (Å²) in [5, 5.41) is 16.0. The SMILES string of the molecule is CCO.CCOC(=O)c1ccc(C)c(F)c1.Cc1ccc(C(=O)O)cc1F.O=S(=O)(O)O. The van der Waals surface area contributed by atoms with Crippen molar-refractivity contribution in [1.82, 2.24) is 0 Å². The smallest absolute Gasteiger partial charge is 0.394 e. The molecule has 0 aliphatic carbocycles. The summed E-state index contributed by atoms with van der Waals surface area (Å²) in [6, 6.07) is 8.13. The zero-order valence-corrected chi connectivity index (χ0v) is 18.7. The summed E-state index contributed by atoms with van der Waals surface area (Å²) in [5.41, 5.74) is 1.21. The molecule has 0 radical (unpaired) electrons. The molecule has 0 aromatic heterocycles. The maximum atomic E-state index is 13.0. The molecular formula is C20H26F2O9S. The third-order valence-electron chi connectivity index (χ3n) is 3.10. The molecule has 2 aromatic carbocycles. The van der Waals surface area contributed by atoms with Gasteiger partial charge in [0, 0.05) is 6.61 Å². The summed E-state index contributed by atoms with van der Waals surface area (Å²) < 4.78 is 61.9. The van der Waals surface area contributed by atoms with Crippen LogP contribution in [0.5, 0.6) is 0 Å². The molecule has 180 valence electrons. The number of hydrogen-bond donors (Lipinski definition) is 4. The number of carbonyl (C=O) groups is 2. The Morgan fingerprint density at radius 1 is 0.906 bits per heavy atom. The highest BCUT2D eigenvalue weighted by molar-refractivity contribution is 7.79. The first kappa shape index (κ1) is 31.3. The van der Waals surface area contributed by atoms with Gasteiger partial charge in [-0.2, -0.15) is 8.42 Å². The monoisotopic (exact) mass is 480 g/mol. The van der Waals surface area contributed by atoms with E-state index in [0.29, 0.717) is 17.7 Å². The van der Waals surface area contributed by atoms with Gasteiger partial charge in [0.25, 0.3) is 0 Å². The molecule has 2 rings (SSSR count). The van der Waals surface area contributed by atoms with Crippen molar-refractivity contribution in [2.45, 2.75) is 27.7 Å². The Morgan fingerprint density at radius 2 is 1.25 bits per heavy atom. The molecule has 0 spiro atoms. The Balaban J connectivity index is 0. The molecule has 0 aliphatic rings. The zero-order chi connectivity index (χ0) is 25.5. The van der Waals surface area contributed by atoms with E-state index in [-0.39, 0.29) is 23.6 Å². The fourth-order valence-corrected chi connectivity index (χ4v) is 1.66. The van der Waals surface area contributed by atoms with Crippen molar-refractivity contribution < 1.29 is 50.8 Å². The van der Waals surface area contributed by atoms with Gasteiger partial charge in [0.05, 0.1) is 17.7 Å². The second kappa shape index (κ2) is 15.8. The van der Waals surface area contributed by atoms with Crippen LogP contribution in [0, 0.1) is 25.5 Å². The molecule has 0 amide bonds. The van der Waals surface area contributed by atoms with Gasteiger partial charge in [-0.25, -0.2) is 18.4 Å². The van der Waals surface area contributed by atoms with Crippen LogP contribution in [0.4, 0.5) is 8.78 Å². The summed E-state index contributed by atoms with van der Waals surface area (Å²) >= 11 is 0. The molecule has 0 heterocycles. The highest BCUT2D eigenvalue weighted by Gasteiger charge is 2.08. The third-order valence-corrected chi connectivity index (χ3v) is 3.10. The first-order valence-electron chi connectivity index (χ1n) is 8.91. The number of carboxylic acids is 1. The number of benzene rings is 2. The van der Waals surface area contributed by atoms with Crippen LogP contribution in [-0.4, -0.2) is 52.9 Å². The quantitative estimate of drug-likeness (QED) is 0.381. The van der Waals surface area contributed by atoms with Gasteiger partial charge in [0.15, 0.2) is 0 Å². The fraction of sp³-hybridized carbons (Fsp3) is 0.300. The summed E-state index contributed by atoms with van der Waals surface area (Å²) in [6.07, 6.45) is 0. The van der Waals surface area contributed by atoms with Gasteiger partial charge < -0.3 is 14.9 Å². The van der Waals surface area contributed by atoms with Crippen molar-refractivity contribution in [3.8, 4) is 0 Å². The lowest BCUT2D eigenvalue weighted by Crippen LogP contribution is -2.05. The van der Waals surface area contributed by atoms with Gasteiger partial charge in [-0.05, 0) is 63.1 Å². The van der Waals surface area contributed by atoms with Gasteiger partial charge >= 0.3 is 22.3 Å². The molecule has 0 unspecified atom stereocenters. The molecule has 0 saturated carbocycles. The van der Waals surface area contributed by atoms with E-state index in [0.717, 1.165) is 6.07 Å². The summed E-state index contributed by atoms with van der Waals surface area (Å²) in [5.74, 6) is -2.46. The highest BCUT2D eigenvalue weighted by atomic mass is 32.3. The van der Waals surface area contributed by atoms with E-state index in [1.54, 1.807) is 39.8 Å². The summed E-state index contributed by atoms with van der Waals surface area (Å²) in [6.45, 7) is 7.17. The predicted octanol–water partition coefficient (Wildman–Crippen LogP) is 3.49. The molecule has 0 saturated heterocycles. The third kappa shape index (κ3) is 15.8. The molecule has 12 heteroatoms.